The van der Waals surface area contributed by atoms with E-state index in [2.05, 4.69) is 10.2 Å². The molecule has 0 aromatic heterocycles. The summed E-state index contributed by atoms with van der Waals surface area (Å²) in [5.41, 5.74) is 0. The van der Waals surface area contributed by atoms with Gasteiger partial charge in [-0.1, -0.05) is 0 Å². The van der Waals surface area contributed by atoms with Crippen LogP contribution in [0.2, 0.25) is 0 Å². The normalized spacial score (nSPS) is 18.6. The standard InChI is InChI=1S/C10H22N2O2/c1-13-8-2-9-14-10-7-12-5-3-11-4-6-12/h11H,2-10H2,1H3. The molecule has 0 amide bonds. The molecule has 0 aromatic carbocycles. The molecule has 0 spiro atoms. The third kappa shape index (κ3) is 5.54. The summed E-state index contributed by atoms with van der Waals surface area (Å²) in [4.78, 5) is 2.44. The first-order valence-corrected chi connectivity index (χ1v) is 5.43. The Hall–Kier alpha value is -0.160. The Bertz CT molecular complexity index is 127. The van der Waals surface area contributed by atoms with E-state index in [9.17, 15) is 0 Å². The van der Waals surface area contributed by atoms with Gasteiger partial charge in [0.15, 0.2) is 0 Å². The largest absolute Gasteiger partial charge is 0.385 e. The van der Waals surface area contributed by atoms with E-state index in [1.54, 1.807) is 7.11 Å². The van der Waals surface area contributed by atoms with Gasteiger partial charge in [-0.2, -0.15) is 0 Å². The van der Waals surface area contributed by atoms with E-state index in [-0.39, 0.29) is 0 Å². The van der Waals surface area contributed by atoms with Gasteiger partial charge in [-0.3, -0.25) is 4.90 Å². The Labute approximate surface area is 86.6 Å². The van der Waals surface area contributed by atoms with Gasteiger partial charge in [0.2, 0.25) is 0 Å². The minimum Gasteiger partial charge on any atom is -0.385 e. The summed E-state index contributed by atoms with van der Waals surface area (Å²) in [6.45, 7) is 8.07. The highest BCUT2D eigenvalue weighted by Gasteiger charge is 2.07. The number of hydrogen-bond acceptors (Lipinski definition) is 4. The molecule has 0 aliphatic carbocycles. The van der Waals surface area contributed by atoms with Crippen molar-refractivity contribution in [1.82, 2.24) is 10.2 Å². The van der Waals surface area contributed by atoms with Crippen LogP contribution in [-0.4, -0.2) is 64.6 Å². The van der Waals surface area contributed by atoms with E-state index < -0.39 is 0 Å². The first-order valence-electron chi connectivity index (χ1n) is 5.43. The third-order valence-corrected chi connectivity index (χ3v) is 2.40. The highest BCUT2D eigenvalue weighted by molar-refractivity contribution is 4.66. The summed E-state index contributed by atoms with van der Waals surface area (Å²) < 4.78 is 10.4. The van der Waals surface area contributed by atoms with Gasteiger partial charge < -0.3 is 14.8 Å². The van der Waals surface area contributed by atoms with Crippen LogP contribution < -0.4 is 5.32 Å². The third-order valence-electron chi connectivity index (χ3n) is 2.40. The molecule has 0 bridgehead atoms. The number of piperazine rings is 1. The lowest BCUT2D eigenvalue weighted by atomic mass is 10.3. The predicted molar refractivity (Wildman–Crippen MR) is 56.6 cm³/mol. The second-order valence-electron chi connectivity index (χ2n) is 3.55. The monoisotopic (exact) mass is 202 g/mol. The molecule has 0 atom stereocenters. The lowest BCUT2D eigenvalue weighted by Crippen LogP contribution is -2.44. The average Bonchev–Trinajstić information content (AvgIpc) is 2.25. The topological polar surface area (TPSA) is 33.7 Å². The summed E-state index contributed by atoms with van der Waals surface area (Å²) in [5, 5.41) is 3.33. The highest BCUT2D eigenvalue weighted by Crippen LogP contribution is 1.92. The van der Waals surface area contributed by atoms with E-state index >= 15 is 0 Å². The van der Waals surface area contributed by atoms with Crippen LogP contribution in [0.3, 0.4) is 0 Å². The number of nitrogens with zero attached hydrogens (tertiary/aromatic N) is 1. The summed E-state index contributed by atoms with van der Waals surface area (Å²) in [6.07, 6.45) is 0.998. The molecule has 1 saturated heterocycles. The molecule has 1 fully saturated rings. The zero-order chi connectivity index (χ0) is 10.1. The molecule has 1 aliphatic heterocycles. The van der Waals surface area contributed by atoms with Gasteiger partial charge in [-0.15, -0.1) is 0 Å². The number of rotatable bonds is 7. The summed E-state index contributed by atoms with van der Waals surface area (Å²) in [7, 11) is 1.72. The Morgan fingerprint density at radius 3 is 2.64 bits per heavy atom. The van der Waals surface area contributed by atoms with Crippen LogP contribution in [-0.2, 0) is 9.47 Å². The molecule has 1 rings (SSSR count). The fourth-order valence-electron chi connectivity index (χ4n) is 1.54. The van der Waals surface area contributed by atoms with Crippen LogP contribution in [0.5, 0.6) is 0 Å². The van der Waals surface area contributed by atoms with Gasteiger partial charge in [0.1, 0.15) is 0 Å². The maximum atomic E-state index is 5.50. The molecule has 0 saturated carbocycles. The van der Waals surface area contributed by atoms with Crippen LogP contribution >= 0.6 is 0 Å². The van der Waals surface area contributed by atoms with Crippen molar-refractivity contribution in [3.63, 3.8) is 0 Å². The van der Waals surface area contributed by atoms with Gasteiger partial charge in [0.05, 0.1) is 6.61 Å². The first kappa shape index (κ1) is 11.9. The van der Waals surface area contributed by atoms with Gasteiger partial charge >= 0.3 is 0 Å². The lowest BCUT2D eigenvalue weighted by molar-refractivity contribution is 0.0808. The molecule has 4 heteroatoms. The van der Waals surface area contributed by atoms with Crippen molar-refractivity contribution in [1.29, 1.82) is 0 Å². The van der Waals surface area contributed by atoms with Crippen LogP contribution in [0.4, 0.5) is 0 Å². The van der Waals surface area contributed by atoms with Crippen LogP contribution in [0, 0.1) is 0 Å². The summed E-state index contributed by atoms with van der Waals surface area (Å²) in [5.74, 6) is 0. The molecule has 84 valence electrons. The molecule has 0 aromatic rings. The van der Waals surface area contributed by atoms with Gasteiger partial charge in [-0.25, -0.2) is 0 Å². The number of nitrogens with one attached hydrogen (secondary N) is 1. The van der Waals surface area contributed by atoms with Crippen molar-refractivity contribution in [3.8, 4) is 0 Å². The Morgan fingerprint density at radius 2 is 1.93 bits per heavy atom. The fourth-order valence-corrected chi connectivity index (χ4v) is 1.54. The minimum atomic E-state index is 0.799. The fraction of sp³-hybridized carbons (Fsp3) is 1.00. The van der Waals surface area contributed by atoms with Crippen molar-refractivity contribution < 1.29 is 9.47 Å². The Balaban J connectivity index is 1.82. The molecule has 4 nitrogen and oxygen atoms in total. The molecule has 1 N–H and O–H groups in total. The van der Waals surface area contributed by atoms with Crippen LogP contribution in [0.25, 0.3) is 0 Å². The first-order chi connectivity index (χ1) is 6.93. The van der Waals surface area contributed by atoms with Crippen LogP contribution in [0.15, 0.2) is 0 Å². The quantitative estimate of drug-likeness (QED) is 0.587. The zero-order valence-corrected chi connectivity index (χ0v) is 9.13. The minimum absolute atomic E-state index is 0.799. The maximum absolute atomic E-state index is 5.50. The van der Waals surface area contributed by atoms with Crippen molar-refractivity contribution in [2.45, 2.75) is 6.42 Å². The van der Waals surface area contributed by atoms with Crippen molar-refractivity contribution in [3.05, 3.63) is 0 Å². The maximum Gasteiger partial charge on any atom is 0.0593 e. The van der Waals surface area contributed by atoms with Crippen molar-refractivity contribution >= 4 is 0 Å². The molecular formula is C10H22N2O2. The second kappa shape index (κ2) is 8.17. The van der Waals surface area contributed by atoms with Crippen molar-refractivity contribution in [2.24, 2.45) is 0 Å². The Morgan fingerprint density at radius 1 is 1.14 bits per heavy atom. The number of ether oxygens (including phenoxy) is 2. The molecule has 0 unspecified atom stereocenters. The van der Waals surface area contributed by atoms with Gasteiger partial charge in [0.25, 0.3) is 0 Å². The molecule has 1 heterocycles. The highest BCUT2D eigenvalue weighted by atomic mass is 16.5. The second-order valence-corrected chi connectivity index (χ2v) is 3.55. The number of methoxy groups -OCH3 is 1. The molecular weight excluding hydrogens is 180 g/mol. The van der Waals surface area contributed by atoms with Gasteiger partial charge in [0, 0.05) is 53.0 Å². The smallest absolute Gasteiger partial charge is 0.0593 e. The predicted octanol–water partition coefficient (Wildman–Crippen LogP) is -0.0553. The van der Waals surface area contributed by atoms with Crippen molar-refractivity contribution in [2.75, 3.05) is 59.7 Å². The van der Waals surface area contributed by atoms with E-state index in [0.717, 1.165) is 59.0 Å². The Kier molecular flexibility index (Phi) is 6.95. The number of hydrogen-bond donors (Lipinski definition) is 1. The molecule has 14 heavy (non-hydrogen) atoms. The summed E-state index contributed by atoms with van der Waals surface area (Å²) in [6, 6.07) is 0. The SMILES string of the molecule is COCCCOCCN1CCNCC1. The van der Waals surface area contributed by atoms with E-state index in [0.29, 0.717) is 0 Å². The van der Waals surface area contributed by atoms with Crippen LogP contribution in [0.1, 0.15) is 6.42 Å². The van der Waals surface area contributed by atoms with E-state index in [1.165, 1.54) is 0 Å². The average molecular weight is 202 g/mol. The zero-order valence-electron chi connectivity index (χ0n) is 9.13. The van der Waals surface area contributed by atoms with E-state index in [1.807, 2.05) is 0 Å². The van der Waals surface area contributed by atoms with E-state index in [4.69, 9.17) is 9.47 Å². The lowest BCUT2D eigenvalue weighted by Gasteiger charge is -2.26. The van der Waals surface area contributed by atoms with Gasteiger partial charge in [-0.05, 0) is 6.42 Å². The summed E-state index contributed by atoms with van der Waals surface area (Å²) >= 11 is 0. The molecule has 0 radical (unpaired) electrons. The molecule has 1 aliphatic rings.